The number of nitrogens with zero attached hydrogens (tertiary/aromatic N) is 3. The number of fused-ring (bicyclic) bond motifs is 1. The largest absolute Gasteiger partial charge is 0.363 e. The van der Waals surface area contributed by atoms with Crippen molar-refractivity contribution in [1.29, 1.82) is 0 Å². The minimum absolute atomic E-state index is 0.189. The second-order valence-electron chi connectivity index (χ2n) is 8.37. The Hall–Kier alpha value is -2.61. The molecule has 1 fully saturated rings. The number of hydrogen-bond acceptors (Lipinski definition) is 5. The van der Waals surface area contributed by atoms with Gasteiger partial charge in [-0.15, -0.1) is 0 Å². The molecule has 8 heteroatoms. The summed E-state index contributed by atoms with van der Waals surface area (Å²) in [5.41, 5.74) is 1.81. The number of nitrogens with one attached hydrogen (secondary N) is 2. The van der Waals surface area contributed by atoms with Crippen LogP contribution < -0.4 is 15.5 Å². The molecular formula is C23H28F3N5. The fourth-order valence-corrected chi connectivity index (χ4v) is 4.47. The molecular weight excluding hydrogens is 403 g/mol. The summed E-state index contributed by atoms with van der Waals surface area (Å²) < 4.78 is 41.0. The van der Waals surface area contributed by atoms with Crippen LogP contribution >= 0.6 is 0 Å². The average Bonchev–Trinajstić information content (AvgIpc) is 2.74. The first-order chi connectivity index (χ1) is 14.8. The van der Waals surface area contributed by atoms with E-state index in [1.807, 2.05) is 14.0 Å². The van der Waals surface area contributed by atoms with E-state index >= 15 is 0 Å². The van der Waals surface area contributed by atoms with E-state index in [1.54, 1.807) is 6.92 Å². The van der Waals surface area contributed by atoms with E-state index < -0.39 is 23.8 Å². The maximum Gasteiger partial charge on any atom is 0.266 e. The Kier molecular flexibility index (Phi) is 6.18. The second-order valence-corrected chi connectivity index (χ2v) is 8.37. The highest BCUT2D eigenvalue weighted by molar-refractivity contribution is 5.78. The van der Waals surface area contributed by atoms with Crippen molar-refractivity contribution in [3.05, 3.63) is 52.1 Å². The van der Waals surface area contributed by atoms with Gasteiger partial charge in [-0.3, -0.25) is 0 Å². The molecule has 2 aliphatic rings. The van der Waals surface area contributed by atoms with Crippen LogP contribution in [0, 0.1) is 18.7 Å². The smallest absolute Gasteiger partial charge is 0.266 e. The number of alkyl halides is 2. The van der Waals surface area contributed by atoms with Crippen molar-refractivity contribution in [1.82, 2.24) is 15.3 Å². The van der Waals surface area contributed by atoms with Crippen LogP contribution in [0.25, 0.3) is 6.08 Å². The Morgan fingerprint density at radius 1 is 1.16 bits per heavy atom. The maximum atomic E-state index is 14.7. The Balaban J connectivity index is 1.69. The first kappa shape index (κ1) is 21.6. The van der Waals surface area contributed by atoms with Crippen molar-refractivity contribution in [2.24, 2.45) is 5.92 Å². The Morgan fingerprint density at radius 3 is 2.58 bits per heavy atom. The van der Waals surface area contributed by atoms with Gasteiger partial charge < -0.3 is 15.5 Å². The van der Waals surface area contributed by atoms with Crippen LogP contribution in [0.1, 0.15) is 54.7 Å². The summed E-state index contributed by atoms with van der Waals surface area (Å²) in [6, 6.07) is 3.57. The quantitative estimate of drug-likeness (QED) is 0.708. The molecule has 0 saturated carbocycles. The molecule has 1 saturated heterocycles. The van der Waals surface area contributed by atoms with Gasteiger partial charge in [0.2, 0.25) is 0 Å². The molecule has 3 heterocycles. The van der Waals surface area contributed by atoms with E-state index in [0.29, 0.717) is 17.6 Å². The van der Waals surface area contributed by atoms with Crippen LogP contribution in [-0.2, 0) is 0 Å². The highest BCUT2D eigenvalue weighted by Crippen LogP contribution is 2.37. The van der Waals surface area contributed by atoms with Crippen molar-refractivity contribution in [2.45, 2.75) is 39.2 Å². The highest BCUT2D eigenvalue weighted by Gasteiger charge is 2.27. The van der Waals surface area contributed by atoms with Gasteiger partial charge in [0.05, 0.1) is 17.2 Å². The Bertz CT molecular complexity index is 985. The number of aryl methyl sites for hydroxylation is 1. The molecule has 1 atom stereocenters. The molecule has 31 heavy (non-hydrogen) atoms. The van der Waals surface area contributed by atoms with Gasteiger partial charge >= 0.3 is 0 Å². The predicted molar refractivity (Wildman–Crippen MR) is 117 cm³/mol. The lowest BCUT2D eigenvalue weighted by Crippen LogP contribution is -2.34. The van der Waals surface area contributed by atoms with E-state index in [4.69, 9.17) is 0 Å². The summed E-state index contributed by atoms with van der Waals surface area (Å²) in [5.74, 6) is 1.64. The van der Waals surface area contributed by atoms with Gasteiger partial charge in [0.15, 0.2) is 0 Å². The SMILES string of the molecule is Cc1nc(N[C@H](C)c2cccc(C(F)F)c2F)c2c(n1)N(C)CC(C1CCNCC1)=C2. The van der Waals surface area contributed by atoms with Gasteiger partial charge in [0, 0.05) is 19.2 Å². The first-order valence-corrected chi connectivity index (χ1v) is 10.7. The first-order valence-electron chi connectivity index (χ1n) is 10.7. The summed E-state index contributed by atoms with van der Waals surface area (Å²) in [7, 11) is 2.01. The zero-order valence-corrected chi connectivity index (χ0v) is 18.1. The third-order valence-electron chi connectivity index (χ3n) is 6.13. The number of piperidine rings is 1. The molecule has 2 aliphatic heterocycles. The number of anilines is 2. The van der Waals surface area contributed by atoms with E-state index in [0.717, 1.165) is 49.9 Å². The van der Waals surface area contributed by atoms with Gasteiger partial charge in [-0.25, -0.2) is 23.1 Å². The molecule has 0 radical (unpaired) electrons. The fourth-order valence-electron chi connectivity index (χ4n) is 4.47. The molecule has 0 aliphatic carbocycles. The molecule has 1 aromatic carbocycles. The Labute approximate surface area is 180 Å². The Morgan fingerprint density at radius 2 is 1.87 bits per heavy atom. The molecule has 0 unspecified atom stereocenters. The fraction of sp³-hybridized carbons (Fsp3) is 0.478. The summed E-state index contributed by atoms with van der Waals surface area (Å²) in [4.78, 5) is 11.3. The van der Waals surface area contributed by atoms with Crippen LogP contribution in [0.5, 0.6) is 0 Å². The highest BCUT2D eigenvalue weighted by atomic mass is 19.3. The maximum absolute atomic E-state index is 14.7. The van der Waals surface area contributed by atoms with Gasteiger partial charge in [-0.2, -0.15) is 0 Å². The van der Waals surface area contributed by atoms with Crippen molar-refractivity contribution in [3.8, 4) is 0 Å². The van der Waals surface area contributed by atoms with Gasteiger partial charge in [-0.1, -0.05) is 18.2 Å². The second kappa shape index (κ2) is 8.86. The number of halogens is 3. The van der Waals surface area contributed by atoms with Crippen LogP contribution in [0.4, 0.5) is 24.8 Å². The molecule has 4 rings (SSSR count). The van der Waals surface area contributed by atoms with Gasteiger partial charge in [-0.05, 0) is 57.3 Å². The van der Waals surface area contributed by atoms with E-state index in [-0.39, 0.29) is 5.56 Å². The number of likely N-dealkylation sites (N-methyl/N-ethyl adjacent to an activating group) is 1. The van der Waals surface area contributed by atoms with Crippen molar-refractivity contribution in [2.75, 3.05) is 36.9 Å². The topological polar surface area (TPSA) is 53.1 Å². The van der Waals surface area contributed by atoms with Crippen LogP contribution in [0.15, 0.2) is 23.8 Å². The minimum atomic E-state index is -2.86. The van der Waals surface area contributed by atoms with Crippen LogP contribution in [0.3, 0.4) is 0 Å². The number of rotatable bonds is 5. The average molecular weight is 432 g/mol. The summed E-state index contributed by atoms with van der Waals surface area (Å²) in [6.45, 7) is 6.39. The number of benzene rings is 1. The number of aromatic nitrogens is 2. The third kappa shape index (κ3) is 4.39. The molecule has 0 amide bonds. The zero-order chi connectivity index (χ0) is 22.1. The van der Waals surface area contributed by atoms with E-state index in [1.165, 1.54) is 17.7 Å². The standard InChI is InChI=1S/C23H28F3N5/c1-13(17-5-4-6-18(20(17)24)21(25)26)28-22-19-11-16(15-7-9-27-10-8-15)12-31(3)23(19)30-14(2)29-22/h4-6,11,13,15,21,27H,7-10,12H2,1-3H3,(H,28,29,30)/t13-/m1/s1. The monoisotopic (exact) mass is 431 g/mol. The van der Waals surface area contributed by atoms with E-state index in [9.17, 15) is 13.2 Å². The van der Waals surface area contributed by atoms with Crippen molar-refractivity contribution in [3.63, 3.8) is 0 Å². The van der Waals surface area contributed by atoms with Crippen molar-refractivity contribution < 1.29 is 13.2 Å². The molecule has 2 N–H and O–H groups in total. The third-order valence-corrected chi connectivity index (χ3v) is 6.13. The predicted octanol–water partition coefficient (Wildman–Crippen LogP) is 4.87. The van der Waals surface area contributed by atoms with Crippen LogP contribution in [-0.4, -0.2) is 36.6 Å². The summed E-state index contributed by atoms with van der Waals surface area (Å²) >= 11 is 0. The lowest BCUT2D eigenvalue weighted by Gasteiger charge is -2.33. The molecule has 1 aromatic heterocycles. The summed E-state index contributed by atoms with van der Waals surface area (Å²) in [6.07, 6.45) is 1.48. The van der Waals surface area contributed by atoms with Crippen LogP contribution in [0.2, 0.25) is 0 Å². The van der Waals surface area contributed by atoms with E-state index in [2.05, 4.69) is 31.6 Å². The normalized spacial score (nSPS) is 18.0. The van der Waals surface area contributed by atoms with Crippen molar-refractivity contribution >= 4 is 17.7 Å². The molecule has 0 spiro atoms. The lowest BCUT2D eigenvalue weighted by atomic mass is 9.87. The zero-order valence-electron chi connectivity index (χ0n) is 18.1. The molecule has 2 aromatic rings. The molecule has 0 bridgehead atoms. The number of hydrogen-bond donors (Lipinski definition) is 2. The van der Waals surface area contributed by atoms with Gasteiger partial charge in [0.1, 0.15) is 23.3 Å². The molecule has 166 valence electrons. The lowest BCUT2D eigenvalue weighted by molar-refractivity contribution is 0.146. The minimum Gasteiger partial charge on any atom is -0.363 e. The summed E-state index contributed by atoms with van der Waals surface area (Å²) in [5, 5.41) is 6.66. The van der Waals surface area contributed by atoms with Gasteiger partial charge in [0.25, 0.3) is 6.43 Å². The molecule has 5 nitrogen and oxygen atoms in total.